The summed E-state index contributed by atoms with van der Waals surface area (Å²) in [5, 5.41) is 2.99. The monoisotopic (exact) mass is 430 g/mol. The Morgan fingerprint density at radius 3 is 2.63 bits per heavy atom. The Labute approximate surface area is 179 Å². The second-order valence-corrected chi connectivity index (χ2v) is 8.60. The molecule has 8 heteroatoms. The van der Waals surface area contributed by atoms with Crippen LogP contribution in [0.5, 0.6) is 11.5 Å². The van der Waals surface area contributed by atoms with Gasteiger partial charge in [-0.2, -0.15) is 0 Å². The van der Waals surface area contributed by atoms with Crippen molar-refractivity contribution in [2.75, 3.05) is 45.8 Å². The van der Waals surface area contributed by atoms with Gasteiger partial charge in [0.2, 0.25) is 5.91 Å². The number of amides is 2. The van der Waals surface area contributed by atoms with Gasteiger partial charge in [-0.1, -0.05) is 0 Å². The van der Waals surface area contributed by atoms with Crippen molar-refractivity contribution in [3.05, 3.63) is 39.6 Å². The molecule has 0 unspecified atom stereocenters. The zero-order valence-electron chi connectivity index (χ0n) is 17.2. The van der Waals surface area contributed by atoms with E-state index in [-0.39, 0.29) is 17.7 Å². The summed E-state index contributed by atoms with van der Waals surface area (Å²) in [6.07, 6.45) is 2.25. The highest BCUT2D eigenvalue weighted by Gasteiger charge is 2.29. The average molecular weight is 431 g/mol. The van der Waals surface area contributed by atoms with Crippen LogP contribution >= 0.6 is 11.3 Å². The molecule has 0 bridgehead atoms. The van der Waals surface area contributed by atoms with Crippen LogP contribution in [0.4, 0.5) is 5.69 Å². The zero-order valence-corrected chi connectivity index (χ0v) is 18.0. The number of carbonyl (C=O) groups excluding carboxylic acids is 2. The van der Waals surface area contributed by atoms with Crippen molar-refractivity contribution in [2.24, 2.45) is 5.92 Å². The number of anilines is 1. The van der Waals surface area contributed by atoms with E-state index in [1.165, 1.54) is 4.88 Å². The van der Waals surface area contributed by atoms with Crippen LogP contribution in [0.3, 0.4) is 0 Å². The molecule has 1 atom stereocenters. The molecule has 30 heavy (non-hydrogen) atoms. The molecule has 1 N–H and O–H groups in total. The predicted molar refractivity (Wildman–Crippen MR) is 115 cm³/mol. The third-order valence-corrected chi connectivity index (χ3v) is 6.84. The number of hydrogen-bond acceptors (Lipinski definition) is 6. The SMILES string of the molecule is COc1ccc(NC(=O)[C@@H]2CCc3sc(C(=O)N4CCOCC4)cc3C2)cc1OC. The number of methoxy groups -OCH3 is 2. The summed E-state index contributed by atoms with van der Waals surface area (Å²) in [5.41, 5.74) is 1.80. The van der Waals surface area contributed by atoms with Crippen molar-refractivity contribution in [1.82, 2.24) is 4.90 Å². The molecule has 0 spiro atoms. The first-order valence-corrected chi connectivity index (χ1v) is 10.9. The van der Waals surface area contributed by atoms with E-state index in [1.807, 2.05) is 11.0 Å². The molecule has 2 aliphatic rings. The van der Waals surface area contributed by atoms with Gasteiger partial charge < -0.3 is 24.4 Å². The summed E-state index contributed by atoms with van der Waals surface area (Å²) in [5.74, 6) is 1.13. The largest absolute Gasteiger partial charge is 0.493 e. The molecule has 2 amide bonds. The summed E-state index contributed by atoms with van der Waals surface area (Å²) < 4.78 is 15.9. The number of nitrogens with one attached hydrogen (secondary N) is 1. The van der Waals surface area contributed by atoms with Gasteiger partial charge >= 0.3 is 0 Å². The fourth-order valence-corrected chi connectivity index (χ4v) is 5.11. The predicted octanol–water partition coefficient (Wildman–Crippen LogP) is 2.98. The first kappa shape index (κ1) is 20.7. The molecular formula is C22H26N2O5S. The van der Waals surface area contributed by atoms with Gasteiger partial charge in [-0.25, -0.2) is 0 Å². The lowest BCUT2D eigenvalue weighted by Crippen LogP contribution is -2.40. The van der Waals surface area contributed by atoms with Gasteiger partial charge in [0, 0.05) is 35.6 Å². The van der Waals surface area contributed by atoms with Gasteiger partial charge in [-0.15, -0.1) is 11.3 Å². The minimum Gasteiger partial charge on any atom is -0.493 e. The topological polar surface area (TPSA) is 77.1 Å². The fraction of sp³-hybridized carbons (Fsp3) is 0.455. The van der Waals surface area contributed by atoms with Crippen molar-refractivity contribution >= 4 is 28.8 Å². The fourth-order valence-electron chi connectivity index (χ4n) is 3.93. The van der Waals surface area contributed by atoms with Crippen LogP contribution in [0.25, 0.3) is 0 Å². The Kier molecular flexibility index (Phi) is 6.24. The average Bonchev–Trinajstić information content (AvgIpc) is 3.22. The Balaban J connectivity index is 1.42. The van der Waals surface area contributed by atoms with Crippen LogP contribution in [0, 0.1) is 5.92 Å². The molecule has 1 aliphatic carbocycles. The van der Waals surface area contributed by atoms with Gasteiger partial charge in [0.25, 0.3) is 5.91 Å². The van der Waals surface area contributed by atoms with Crippen LogP contribution in [0.1, 0.15) is 26.5 Å². The Bertz CT molecular complexity index is 936. The van der Waals surface area contributed by atoms with Gasteiger partial charge in [-0.3, -0.25) is 9.59 Å². The molecule has 7 nitrogen and oxygen atoms in total. The van der Waals surface area contributed by atoms with Crippen molar-refractivity contribution in [3.63, 3.8) is 0 Å². The summed E-state index contributed by atoms with van der Waals surface area (Å²) in [7, 11) is 3.15. The maximum Gasteiger partial charge on any atom is 0.264 e. The molecule has 2 heterocycles. The van der Waals surface area contributed by atoms with E-state index < -0.39 is 0 Å². The van der Waals surface area contributed by atoms with E-state index >= 15 is 0 Å². The zero-order chi connectivity index (χ0) is 21.1. The van der Waals surface area contributed by atoms with E-state index in [0.29, 0.717) is 49.9 Å². The summed E-state index contributed by atoms with van der Waals surface area (Å²) in [6, 6.07) is 7.31. The first-order valence-electron chi connectivity index (χ1n) is 10.1. The molecule has 1 saturated heterocycles. The number of ether oxygens (including phenoxy) is 3. The van der Waals surface area contributed by atoms with E-state index in [2.05, 4.69) is 5.32 Å². The van der Waals surface area contributed by atoms with Gasteiger partial charge in [0.15, 0.2) is 11.5 Å². The number of rotatable bonds is 5. The summed E-state index contributed by atoms with van der Waals surface area (Å²) in [6.45, 7) is 2.46. The highest BCUT2D eigenvalue weighted by Crippen LogP contribution is 2.34. The normalized spacial score (nSPS) is 18.5. The molecular weight excluding hydrogens is 404 g/mol. The number of benzene rings is 1. The van der Waals surface area contributed by atoms with E-state index in [4.69, 9.17) is 14.2 Å². The Hall–Kier alpha value is -2.58. The number of thiophene rings is 1. The molecule has 2 aromatic rings. The van der Waals surface area contributed by atoms with Crippen molar-refractivity contribution < 1.29 is 23.8 Å². The molecule has 0 radical (unpaired) electrons. The Morgan fingerprint density at radius 2 is 1.90 bits per heavy atom. The van der Waals surface area contributed by atoms with Gasteiger partial charge in [0.1, 0.15) is 0 Å². The van der Waals surface area contributed by atoms with Crippen molar-refractivity contribution in [1.29, 1.82) is 0 Å². The smallest absolute Gasteiger partial charge is 0.264 e. The number of carbonyl (C=O) groups is 2. The minimum atomic E-state index is -0.119. The molecule has 0 saturated carbocycles. The number of fused-ring (bicyclic) bond motifs is 1. The molecule has 1 fully saturated rings. The second-order valence-electron chi connectivity index (χ2n) is 7.46. The summed E-state index contributed by atoms with van der Waals surface area (Å²) in [4.78, 5) is 29.5. The first-order chi connectivity index (χ1) is 14.6. The van der Waals surface area contributed by atoms with E-state index in [1.54, 1.807) is 43.8 Å². The maximum atomic E-state index is 12.9. The molecule has 160 valence electrons. The lowest BCUT2D eigenvalue weighted by molar-refractivity contribution is -0.120. The lowest BCUT2D eigenvalue weighted by Gasteiger charge is -2.26. The number of nitrogens with zero attached hydrogens (tertiary/aromatic N) is 1. The van der Waals surface area contributed by atoms with Crippen molar-refractivity contribution in [2.45, 2.75) is 19.3 Å². The number of hydrogen-bond donors (Lipinski definition) is 1. The van der Waals surface area contributed by atoms with Crippen LogP contribution in [-0.4, -0.2) is 57.2 Å². The quantitative estimate of drug-likeness (QED) is 0.789. The lowest BCUT2D eigenvalue weighted by atomic mass is 9.87. The highest BCUT2D eigenvalue weighted by molar-refractivity contribution is 7.14. The highest BCUT2D eigenvalue weighted by atomic mass is 32.1. The molecule has 1 aliphatic heterocycles. The molecule has 1 aromatic heterocycles. The van der Waals surface area contributed by atoms with Gasteiger partial charge in [0.05, 0.1) is 32.3 Å². The Morgan fingerprint density at radius 1 is 1.13 bits per heavy atom. The number of aryl methyl sites for hydroxylation is 1. The minimum absolute atomic E-state index is 0.0138. The van der Waals surface area contributed by atoms with Crippen LogP contribution in [-0.2, 0) is 22.4 Å². The number of morpholine rings is 1. The van der Waals surface area contributed by atoms with E-state index in [0.717, 1.165) is 23.3 Å². The van der Waals surface area contributed by atoms with Crippen molar-refractivity contribution in [3.8, 4) is 11.5 Å². The van der Waals surface area contributed by atoms with E-state index in [9.17, 15) is 9.59 Å². The molecule has 1 aromatic carbocycles. The third-order valence-electron chi connectivity index (χ3n) is 5.61. The van der Waals surface area contributed by atoms with Crippen LogP contribution in [0.15, 0.2) is 24.3 Å². The second kappa shape index (κ2) is 9.06. The third kappa shape index (κ3) is 4.29. The maximum absolute atomic E-state index is 12.9. The summed E-state index contributed by atoms with van der Waals surface area (Å²) >= 11 is 1.57. The van der Waals surface area contributed by atoms with Crippen LogP contribution < -0.4 is 14.8 Å². The van der Waals surface area contributed by atoms with Gasteiger partial charge in [-0.05, 0) is 43.0 Å². The standard InChI is InChI=1S/C22H26N2O5S/c1-27-17-5-4-16(13-18(17)28-2)23-21(25)14-3-6-19-15(11-14)12-20(30-19)22(26)24-7-9-29-10-8-24/h4-5,12-14H,3,6-11H2,1-2H3,(H,23,25)/t14-/m1/s1. The molecule has 4 rings (SSSR count). The van der Waals surface area contributed by atoms with Crippen LogP contribution in [0.2, 0.25) is 0 Å².